The summed E-state index contributed by atoms with van der Waals surface area (Å²) in [4.78, 5) is 12.8. The third-order valence-corrected chi connectivity index (χ3v) is 5.64. The molecule has 2 aromatic carbocycles. The summed E-state index contributed by atoms with van der Waals surface area (Å²) in [6.45, 7) is 5.50. The van der Waals surface area contributed by atoms with E-state index in [9.17, 15) is 17.6 Å². The van der Waals surface area contributed by atoms with E-state index >= 15 is 0 Å². The molecule has 0 unspecified atom stereocenters. The number of halogens is 1. The molecule has 8 heteroatoms. The zero-order chi connectivity index (χ0) is 20.9. The van der Waals surface area contributed by atoms with Crippen molar-refractivity contribution in [3.05, 3.63) is 53.8 Å². The first kappa shape index (κ1) is 21.8. The van der Waals surface area contributed by atoms with Gasteiger partial charge in [-0.15, -0.1) is 0 Å². The van der Waals surface area contributed by atoms with Gasteiger partial charge in [0.25, 0.3) is 0 Å². The van der Waals surface area contributed by atoms with Crippen molar-refractivity contribution >= 4 is 21.6 Å². The van der Waals surface area contributed by atoms with Gasteiger partial charge < -0.3 is 10.1 Å². The van der Waals surface area contributed by atoms with Gasteiger partial charge in [-0.2, -0.15) is 4.72 Å². The number of aryl methyl sites for hydroxylation is 1. The van der Waals surface area contributed by atoms with Crippen LogP contribution < -0.4 is 14.8 Å². The van der Waals surface area contributed by atoms with Crippen LogP contribution in [0.15, 0.2) is 47.4 Å². The van der Waals surface area contributed by atoms with Crippen molar-refractivity contribution in [2.45, 2.75) is 38.1 Å². The number of benzene rings is 2. The lowest BCUT2D eigenvalue weighted by atomic mass is 10.0. The molecule has 1 amide bonds. The Hall–Kier alpha value is -2.45. The topological polar surface area (TPSA) is 84.5 Å². The number of sulfonamides is 1. The van der Waals surface area contributed by atoms with Gasteiger partial charge in [0, 0.05) is 5.69 Å². The molecule has 2 rings (SSSR count). The number of ether oxygens (including phenoxy) is 1. The summed E-state index contributed by atoms with van der Waals surface area (Å²) < 4.78 is 46.4. The second kappa shape index (κ2) is 9.16. The van der Waals surface area contributed by atoms with Crippen LogP contribution in [0.4, 0.5) is 10.1 Å². The molecule has 6 nitrogen and oxygen atoms in total. The van der Waals surface area contributed by atoms with Crippen molar-refractivity contribution in [2.24, 2.45) is 5.92 Å². The quantitative estimate of drug-likeness (QED) is 0.700. The molecule has 2 N–H and O–H groups in total. The van der Waals surface area contributed by atoms with E-state index < -0.39 is 27.8 Å². The summed E-state index contributed by atoms with van der Waals surface area (Å²) >= 11 is 0. The summed E-state index contributed by atoms with van der Waals surface area (Å²) in [5.41, 5.74) is 0.985. The first-order valence-electron chi connectivity index (χ1n) is 8.86. The third kappa shape index (κ3) is 5.77. The zero-order valence-corrected chi connectivity index (χ0v) is 17.1. The van der Waals surface area contributed by atoms with Crippen LogP contribution in [0.25, 0.3) is 0 Å². The zero-order valence-electron chi connectivity index (χ0n) is 16.3. The van der Waals surface area contributed by atoms with E-state index in [-0.39, 0.29) is 17.2 Å². The largest absolute Gasteiger partial charge is 0.497 e. The van der Waals surface area contributed by atoms with Crippen molar-refractivity contribution in [1.82, 2.24) is 4.72 Å². The first-order valence-corrected chi connectivity index (χ1v) is 10.3. The standard InChI is InChI=1S/C20H25FN2O4S/c1-13(2)11-19(20(24)22-18-12-15(21)6-5-14(18)3)23-28(25,26)17-9-7-16(27-4)8-10-17/h5-10,12-13,19,23H,11H2,1-4H3,(H,22,24)/t19-/m0/s1. The fraction of sp³-hybridized carbons (Fsp3) is 0.350. The predicted octanol–water partition coefficient (Wildman–Crippen LogP) is 3.47. The minimum Gasteiger partial charge on any atom is -0.497 e. The fourth-order valence-corrected chi connectivity index (χ4v) is 3.85. The molecular formula is C20H25FN2O4S. The van der Waals surface area contributed by atoms with Crippen molar-refractivity contribution in [2.75, 3.05) is 12.4 Å². The summed E-state index contributed by atoms with van der Waals surface area (Å²) in [7, 11) is -2.44. The molecule has 0 spiro atoms. The van der Waals surface area contributed by atoms with Gasteiger partial charge in [0.2, 0.25) is 15.9 Å². The second-order valence-corrected chi connectivity index (χ2v) is 8.64. The molecule has 0 radical (unpaired) electrons. The van der Waals surface area contributed by atoms with Gasteiger partial charge in [0.1, 0.15) is 17.6 Å². The summed E-state index contributed by atoms with van der Waals surface area (Å²) in [6.07, 6.45) is 0.287. The lowest BCUT2D eigenvalue weighted by Gasteiger charge is -2.21. The van der Waals surface area contributed by atoms with Crippen LogP contribution >= 0.6 is 0 Å². The van der Waals surface area contributed by atoms with E-state index in [1.807, 2.05) is 13.8 Å². The number of amides is 1. The van der Waals surface area contributed by atoms with Gasteiger partial charge >= 0.3 is 0 Å². The highest BCUT2D eigenvalue weighted by Crippen LogP contribution is 2.19. The SMILES string of the molecule is COc1ccc(S(=O)(=O)N[C@@H](CC(C)C)C(=O)Nc2cc(F)ccc2C)cc1. The average molecular weight is 408 g/mol. The maximum Gasteiger partial charge on any atom is 0.242 e. The van der Waals surface area contributed by atoms with Crippen molar-refractivity contribution in [1.29, 1.82) is 0 Å². The highest BCUT2D eigenvalue weighted by atomic mass is 32.2. The molecule has 0 saturated heterocycles. The average Bonchev–Trinajstić information content (AvgIpc) is 2.63. The molecule has 2 aromatic rings. The van der Waals surface area contributed by atoms with E-state index in [1.165, 1.54) is 43.5 Å². The number of carbonyl (C=O) groups excluding carboxylic acids is 1. The third-order valence-electron chi connectivity index (χ3n) is 4.15. The van der Waals surface area contributed by atoms with Gasteiger partial charge in [-0.1, -0.05) is 19.9 Å². The van der Waals surface area contributed by atoms with Crippen LogP contribution in [0, 0.1) is 18.7 Å². The Morgan fingerprint density at radius 3 is 2.36 bits per heavy atom. The number of rotatable bonds is 8. The number of methoxy groups -OCH3 is 1. The Morgan fingerprint density at radius 1 is 1.14 bits per heavy atom. The number of anilines is 1. The number of hydrogen-bond donors (Lipinski definition) is 2. The molecule has 0 heterocycles. The Morgan fingerprint density at radius 2 is 1.79 bits per heavy atom. The van der Waals surface area contributed by atoms with E-state index in [2.05, 4.69) is 10.0 Å². The molecular weight excluding hydrogens is 383 g/mol. The first-order chi connectivity index (χ1) is 13.1. The molecule has 0 aliphatic carbocycles. The Kier molecular flexibility index (Phi) is 7.15. The maximum absolute atomic E-state index is 13.5. The van der Waals surface area contributed by atoms with Crippen LogP contribution in [0.1, 0.15) is 25.8 Å². The van der Waals surface area contributed by atoms with E-state index in [4.69, 9.17) is 4.74 Å². The second-order valence-electron chi connectivity index (χ2n) is 6.93. The van der Waals surface area contributed by atoms with Crippen LogP contribution in [0.2, 0.25) is 0 Å². The molecule has 0 aliphatic heterocycles. The van der Waals surface area contributed by atoms with E-state index in [0.29, 0.717) is 17.0 Å². The van der Waals surface area contributed by atoms with E-state index in [0.717, 1.165) is 0 Å². The number of nitrogens with one attached hydrogen (secondary N) is 2. The van der Waals surface area contributed by atoms with Crippen molar-refractivity contribution in [3.63, 3.8) is 0 Å². The maximum atomic E-state index is 13.5. The molecule has 28 heavy (non-hydrogen) atoms. The van der Waals surface area contributed by atoms with E-state index in [1.54, 1.807) is 13.0 Å². The minimum atomic E-state index is -3.93. The van der Waals surface area contributed by atoms with Gasteiger partial charge in [0.15, 0.2) is 0 Å². The Balaban J connectivity index is 2.24. The molecule has 0 aliphatic rings. The van der Waals surface area contributed by atoms with Gasteiger partial charge in [-0.25, -0.2) is 12.8 Å². The Labute approximate surface area is 165 Å². The lowest BCUT2D eigenvalue weighted by molar-refractivity contribution is -0.118. The van der Waals surface area contributed by atoms with Crippen LogP contribution in [-0.2, 0) is 14.8 Å². The normalized spacial score (nSPS) is 12.6. The van der Waals surface area contributed by atoms with Gasteiger partial charge in [-0.3, -0.25) is 4.79 Å². The molecule has 0 aromatic heterocycles. The van der Waals surface area contributed by atoms with Gasteiger partial charge in [-0.05, 0) is 61.2 Å². The molecule has 0 saturated carbocycles. The number of hydrogen-bond acceptors (Lipinski definition) is 4. The molecule has 1 atom stereocenters. The van der Waals surface area contributed by atoms with Crippen LogP contribution in [0.3, 0.4) is 0 Å². The van der Waals surface area contributed by atoms with Crippen molar-refractivity contribution in [3.8, 4) is 5.75 Å². The number of carbonyl (C=O) groups is 1. The molecule has 0 bridgehead atoms. The summed E-state index contributed by atoms with van der Waals surface area (Å²) in [6, 6.07) is 8.91. The van der Waals surface area contributed by atoms with Crippen LogP contribution in [-0.4, -0.2) is 27.5 Å². The predicted molar refractivity (Wildman–Crippen MR) is 106 cm³/mol. The lowest BCUT2D eigenvalue weighted by Crippen LogP contribution is -2.44. The summed E-state index contributed by atoms with van der Waals surface area (Å²) in [5, 5.41) is 2.62. The van der Waals surface area contributed by atoms with Crippen molar-refractivity contribution < 1.29 is 22.3 Å². The Bertz CT molecular complexity index is 928. The molecule has 0 fully saturated rings. The highest BCUT2D eigenvalue weighted by molar-refractivity contribution is 7.89. The van der Waals surface area contributed by atoms with Gasteiger partial charge in [0.05, 0.1) is 12.0 Å². The van der Waals surface area contributed by atoms with Crippen LogP contribution in [0.5, 0.6) is 5.75 Å². The monoisotopic (exact) mass is 408 g/mol. The summed E-state index contributed by atoms with van der Waals surface area (Å²) in [5.74, 6) is -0.445. The molecule has 152 valence electrons. The highest BCUT2D eigenvalue weighted by Gasteiger charge is 2.27. The fourth-order valence-electron chi connectivity index (χ4n) is 2.64. The smallest absolute Gasteiger partial charge is 0.242 e. The minimum absolute atomic E-state index is 0.0248.